The highest BCUT2D eigenvalue weighted by atomic mass is 16.5. The minimum atomic E-state index is -0.343. The number of carbonyl (C=O) groups excluding carboxylic acids is 1. The molecule has 0 saturated heterocycles. The second-order valence-electron chi connectivity index (χ2n) is 9.24. The van der Waals surface area contributed by atoms with Crippen molar-refractivity contribution in [3.8, 4) is 5.75 Å². The Kier molecular flexibility index (Phi) is 6.07. The smallest absolute Gasteiger partial charge is 0.337 e. The number of hydrogen-bond donors (Lipinski definition) is 0. The molecule has 0 aromatic heterocycles. The number of carbonyl (C=O) groups is 1. The van der Waals surface area contributed by atoms with E-state index in [9.17, 15) is 4.79 Å². The summed E-state index contributed by atoms with van der Waals surface area (Å²) in [6.45, 7) is 11.9. The Morgan fingerprint density at radius 1 is 0.967 bits per heavy atom. The Balaban J connectivity index is 2.17. The van der Waals surface area contributed by atoms with Gasteiger partial charge in [0, 0.05) is 18.2 Å². The average Bonchev–Trinajstić information content (AvgIpc) is 2.73. The van der Waals surface area contributed by atoms with Crippen LogP contribution in [0.2, 0.25) is 0 Å². The van der Waals surface area contributed by atoms with Gasteiger partial charge in [0.15, 0.2) is 0 Å². The van der Waals surface area contributed by atoms with Crippen molar-refractivity contribution in [2.45, 2.75) is 58.3 Å². The molecule has 160 valence electrons. The molecule has 0 N–H and O–H groups in total. The molecule has 2 aromatic rings. The van der Waals surface area contributed by atoms with Crippen molar-refractivity contribution in [2.75, 3.05) is 20.8 Å². The van der Waals surface area contributed by atoms with Gasteiger partial charge in [0.05, 0.1) is 25.0 Å². The highest BCUT2D eigenvalue weighted by molar-refractivity contribution is 6.15. The van der Waals surface area contributed by atoms with Gasteiger partial charge in [-0.3, -0.25) is 4.99 Å². The third-order valence-corrected chi connectivity index (χ3v) is 6.31. The number of esters is 1. The molecule has 0 spiro atoms. The fourth-order valence-electron chi connectivity index (χ4n) is 4.34. The van der Waals surface area contributed by atoms with Crippen LogP contribution in [0.25, 0.3) is 0 Å². The lowest BCUT2D eigenvalue weighted by Gasteiger charge is -2.42. The zero-order valence-electron chi connectivity index (χ0n) is 19.3. The minimum absolute atomic E-state index is 0.0952. The molecule has 0 amide bonds. The van der Waals surface area contributed by atoms with Crippen LogP contribution in [-0.4, -0.2) is 32.4 Å². The molecular weight excluding hydrogens is 374 g/mol. The van der Waals surface area contributed by atoms with E-state index in [0.717, 1.165) is 35.4 Å². The molecule has 0 fully saturated rings. The first-order valence-electron chi connectivity index (χ1n) is 10.6. The van der Waals surface area contributed by atoms with Crippen LogP contribution in [0.3, 0.4) is 0 Å². The maximum atomic E-state index is 11.8. The van der Waals surface area contributed by atoms with Crippen molar-refractivity contribution in [2.24, 2.45) is 4.99 Å². The summed E-state index contributed by atoms with van der Waals surface area (Å²) >= 11 is 0. The number of nitrogens with zero attached hydrogens (tertiary/aromatic N) is 1. The second-order valence-corrected chi connectivity index (χ2v) is 9.24. The molecule has 0 aliphatic heterocycles. The maximum absolute atomic E-state index is 11.8. The number of rotatable bonds is 5. The number of fused-ring (bicyclic) bond motifs is 1. The fourth-order valence-corrected chi connectivity index (χ4v) is 4.34. The van der Waals surface area contributed by atoms with Gasteiger partial charge in [0.1, 0.15) is 5.75 Å². The first-order chi connectivity index (χ1) is 14.1. The predicted octanol–water partition coefficient (Wildman–Crippen LogP) is 5.69. The quantitative estimate of drug-likeness (QED) is 0.473. The topological polar surface area (TPSA) is 47.9 Å². The van der Waals surface area contributed by atoms with Crippen molar-refractivity contribution in [1.82, 2.24) is 0 Å². The molecule has 4 heteroatoms. The summed E-state index contributed by atoms with van der Waals surface area (Å²) in [6, 6.07) is 11.9. The van der Waals surface area contributed by atoms with Crippen LogP contribution in [0.5, 0.6) is 5.75 Å². The molecule has 0 saturated carbocycles. The third-order valence-electron chi connectivity index (χ3n) is 6.31. The summed E-state index contributed by atoms with van der Waals surface area (Å²) in [5.41, 5.74) is 6.26. The van der Waals surface area contributed by atoms with Gasteiger partial charge in [-0.05, 0) is 66.0 Å². The zero-order valence-corrected chi connectivity index (χ0v) is 19.3. The SMILES string of the molecule is CCOc1cc2c(cc1C(=NC)c1ccc(C(=O)OC)cc1)C(C)(C)CCC2(C)C. The highest BCUT2D eigenvalue weighted by Gasteiger charge is 2.38. The van der Waals surface area contributed by atoms with E-state index in [2.05, 4.69) is 44.8 Å². The first-order valence-corrected chi connectivity index (χ1v) is 10.6. The van der Waals surface area contributed by atoms with Crippen molar-refractivity contribution < 1.29 is 14.3 Å². The van der Waals surface area contributed by atoms with Gasteiger partial charge in [0.2, 0.25) is 0 Å². The van der Waals surface area contributed by atoms with E-state index in [1.165, 1.54) is 18.2 Å². The molecule has 0 unspecified atom stereocenters. The van der Waals surface area contributed by atoms with E-state index in [1.807, 2.05) is 19.1 Å². The summed E-state index contributed by atoms with van der Waals surface area (Å²) in [5.74, 6) is 0.518. The van der Waals surface area contributed by atoms with E-state index in [1.54, 1.807) is 19.2 Å². The maximum Gasteiger partial charge on any atom is 0.337 e. The number of aliphatic imine (C=N–C) groups is 1. The largest absolute Gasteiger partial charge is 0.493 e. The highest BCUT2D eigenvalue weighted by Crippen LogP contribution is 2.48. The predicted molar refractivity (Wildman–Crippen MR) is 122 cm³/mol. The van der Waals surface area contributed by atoms with E-state index < -0.39 is 0 Å². The summed E-state index contributed by atoms with van der Waals surface area (Å²) in [5, 5.41) is 0. The molecule has 30 heavy (non-hydrogen) atoms. The molecule has 1 aliphatic carbocycles. The van der Waals surface area contributed by atoms with E-state index in [4.69, 9.17) is 9.47 Å². The lowest BCUT2D eigenvalue weighted by Crippen LogP contribution is -2.34. The Hall–Kier alpha value is -2.62. The number of methoxy groups -OCH3 is 1. The second kappa shape index (κ2) is 8.25. The van der Waals surface area contributed by atoms with Crippen LogP contribution in [0.1, 0.15) is 80.1 Å². The van der Waals surface area contributed by atoms with E-state index >= 15 is 0 Å². The van der Waals surface area contributed by atoms with Crippen LogP contribution < -0.4 is 4.74 Å². The van der Waals surface area contributed by atoms with Crippen molar-refractivity contribution in [1.29, 1.82) is 0 Å². The number of benzene rings is 2. The molecular formula is C26H33NO3. The molecule has 2 aromatic carbocycles. The molecule has 1 aliphatic rings. The summed E-state index contributed by atoms with van der Waals surface area (Å²) in [4.78, 5) is 16.4. The Labute approximate surface area is 180 Å². The van der Waals surface area contributed by atoms with E-state index in [-0.39, 0.29) is 16.8 Å². The lowest BCUT2D eigenvalue weighted by molar-refractivity contribution is 0.0600. The monoisotopic (exact) mass is 407 g/mol. The fraction of sp³-hybridized carbons (Fsp3) is 0.462. The van der Waals surface area contributed by atoms with Crippen LogP contribution >= 0.6 is 0 Å². The van der Waals surface area contributed by atoms with Gasteiger partial charge in [-0.2, -0.15) is 0 Å². The van der Waals surface area contributed by atoms with Crippen molar-refractivity contribution in [3.05, 3.63) is 64.2 Å². The molecule has 0 radical (unpaired) electrons. The average molecular weight is 408 g/mol. The van der Waals surface area contributed by atoms with Crippen molar-refractivity contribution >= 4 is 11.7 Å². The number of hydrogen-bond acceptors (Lipinski definition) is 4. The Bertz CT molecular complexity index is 969. The Morgan fingerprint density at radius 2 is 1.50 bits per heavy atom. The summed E-state index contributed by atoms with van der Waals surface area (Å²) < 4.78 is 10.9. The van der Waals surface area contributed by atoms with Crippen LogP contribution in [-0.2, 0) is 15.6 Å². The van der Waals surface area contributed by atoms with Crippen LogP contribution in [0.4, 0.5) is 0 Å². The van der Waals surface area contributed by atoms with Gasteiger partial charge in [-0.1, -0.05) is 39.8 Å². The minimum Gasteiger partial charge on any atom is -0.493 e. The van der Waals surface area contributed by atoms with Crippen molar-refractivity contribution in [3.63, 3.8) is 0 Å². The van der Waals surface area contributed by atoms with E-state index in [0.29, 0.717) is 12.2 Å². The lowest BCUT2D eigenvalue weighted by atomic mass is 9.62. The van der Waals surface area contributed by atoms with Gasteiger partial charge in [-0.25, -0.2) is 4.79 Å². The van der Waals surface area contributed by atoms with Gasteiger partial charge < -0.3 is 9.47 Å². The first kappa shape index (κ1) is 22.1. The number of ether oxygens (including phenoxy) is 2. The third kappa shape index (κ3) is 4.00. The Morgan fingerprint density at radius 3 is 2.00 bits per heavy atom. The van der Waals surface area contributed by atoms with Crippen LogP contribution in [0, 0.1) is 0 Å². The standard InChI is InChI=1S/C26H33NO3/c1-8-30-22-16-21-20(25(2,3)13-14-26(21,4)5)15-19(22)23(27-6)17-9-11-18(12-10-17)24(28)29-7/h9-12,15-16H,8,13-14H2,1-7H3. The van der Waals surface area contributed by atoms with Gasteiger partial charge in [-0.15, -0.1) is 0 Å². The van der Waals surface area contributed by atoms with Gasteiger partial charge in [0.25, 0.3) is 0 Å². The summed E-state index contributed by atoms with van der Waals surface area (Å²) in [7, 11) is 3.19. The summed E-state index contributed by atoms with van der Waals surface area (Å²) in [6.07, 6.45) is 2.30. The molecule has 0 atom stereocenters. The van der Waals surface area contributed by atoms with Crippen LogP contribution in [0.15, 0.2) is 41.4 Å². The van der Waals surface area contributed by atoms with Gasteiger partial charge >= 0.3 is 5.97 Å². The zero-order chi connectivity index (χ0) is 22.1. The normalized spacial score (nSPS) is 17.2. The molecule has 4 nitrogen and oxygen atoms in total. The molecule has 0 bridgehead atoms. The molecule has 0 heterocycles. The molecule has 3 rings (SSSR count).